The number of rotatable bonds is 5. The quantitative estimate of drug-likeness (QED) is 0.831. The van der Waals surface area contributed by atoms with Crippen molar-refractivity contribution >= 4 is 28.9 Å². The number of nitrogens with zero attached hydrogens (tertiary/aromatic N) is 1. The summed E-state index contributed by atoms with van der Waals surface area (Å²) in [6.45, 7) is 0.342. The largest absolute Gasteiger partial charge is 0.480 e. The molecule has 0 aliphatic rings. The van der Waals surface area contributed by atoms with Crippen molar-refractivity contribution in [2.45, 2.75) is 6.54 Å². The molecule has 20 heavy (non-hydrogen) atoms. The van der Waals surface area contributed by atoms with Crippen LogP contribution in [-0.4, -0.2) is 17.6 Å². The molecule has 0 spiro atoms. The highest BCUT2D eigenvalue weighted by atomic mass is 35.5. The van der Waals surface area contributed by atoms with Crippen molar-refractivity contribution in [1.29, 1.82) is 0 Å². The van der Waals surface area contributed by atoms with E-state index in [-0.39, 0.29) is 6.54 Å². The van der Waals surface area contributed by atoms with Crippen LogP contribution in [0.15, 0.2) is 48.5 Å². The summed E-state index contributed by atoms with van der Waals surface area (Å²) < 4.78 is 0. The smallest absolute Gasteiger partial charge is 0.323 e. The van der Waals surface area contributed by atoms with Gasteiger partial charge in [-0.3, -0.25) is 4.79 Å². The van der Waals surface area contributed by atoms with E-state index < -0.39 is 5.97 Å². The average molecular weight is 291 g/mol. The Kier molecular flexibility index (Phi) is 4.48. The Morgan fingerprint density at radius 2 is 1.80 bits per heavy atom. The van der Waals surface area contributed by atoms with Gasteiger partial charge in [0.05, 0.1) is 11.4 Å². The van der Waals surface area contributed by atoms with E-state index in [4.69, 9.17) is 22.4 Å². The van der Waals surface area contributed by atoms with Crippen LogP contribution < -0.4 is 10.6 Å². The van der Waals surface area contributed by atoms with E-state index in [0.29, 0.717) is 22.9 Å². The molecule has 0 amide bonds. The van der Waals surface area contributed by atoms with Crippen LogP contribution in [0.25, 0.3) is 0 Å². The molecule has 2 aromatic rings. The number of nitrogen functional groups attached to an aromatic ring is 1. The number of para-hydroxylation sites is 2. The maximum atomic E-state index is 11.0. The van der Waals surface area contributed by atoms with E-state index in [1.165, 1.54) is 0 Å². The third-order valence-corrected chi connectivity index (χ3v) is 3.14. The SMILES string of the molecule is Nc1ccccc1N(CC(=O)O)Cc1ccc(Cl)cc1. The minimum atomic E-state index is -0.901. The first-order valence-corrected chi connectivity index (χ1v) is 6.50. The highest BCUT2D eigenvalue weighted by molar-refractivity contribution is 6.30. The molecule has 3 N–H and O–H groups in total. The van der Waals surface area contributed by atoms with Crippen LogP contribution in [0.2, 0.25) is 5.02 Å². The molecule has 0 atom stereocenters. The van der Waals surface area contributed by atoms with Crippen molar-refractivity contribution < 1.29 is 9.90 Å². The molecule has 0 bridgehead atoms. The fraction of sp³-hybridized carbons (Fsp3) is 0.133. The molecule has 0 saturated carbocycles. The summed E-state index contributed by atoms with van der Waals surface area (Å²) in [4.78, 5) is 12.8. The lowest BCUT2D eigenvalue weighted by molar-refractivity contribution is -0.135. The van der Waals surface area contributed by atoms with E-state index in [0.717, 1.165) is 5.56 Å². The fourth-order valence-electron chi connectivity index (χ4n) is 1.98. The van der Waals surface area contributed by atoms with Crippen LogP contribution in [0.3, 0.4) is 0 Å². The van der Waals surface area contributed by atoms with Crippen LogP contribution >= 0.6 is 11.6 Å². The van der Waals surface area contributed by atoms with Gasteiger partial charge in [0.15, 0.2) is 0 Å². The molecular formula is C15H15ClN2O2. The number of hydrogen-bond acceptors (Lipinski definition) is 3. The van der Waals surface area contributed by atoms with Gasteiger partial charge in [-0.1, -0.05) is 35.9 Å². The second-order valence-corrected chi connectivity index (χ2v) is 4.87. The Morgan fingerprint density at radius 1 is 1.15 bits per heavy atom. The van der Waals surface area contributed by atoms with Crippen molar-refractivity contribution in [3.63, 3.8) is 0 Å². The molecule has 0 unspecified atom stereocenters. The van der Waals surface area contributed by atoms with Crippen molar-refractivity contribution in [1.82, 2.24) is 0 Å². The summed E-state index contributed by atoms with van der Waals surface area (Å²) >= 11 is 5.85. The molecule has 5 heteroatoms. The molecule has 104 valence electrons. The topological polar surface area (TPSA) is 66.6 Å². The van der Waals surface area contributed by atoms with Crippen molar-refractivity contribution in [3.05, 3.63) is 59.1 Å². The Bertz CT molecular complexity index is 599. The number of benzene rings is 2. The van der Waals surface area contributed by atoms with Gasteiger partial charge in [-0.25, -0.2) is 0 Å². The summed E-state index contributed by atoms with van der Waals surface area (Å²) in [6, 6.07) is 14.5. The molecule has 0 heterocycles. The molecule has 0 aliphatic heterocycles. The van der Waals surface area contributed by atoms with Crippen LogP contribution in [0, 0.1) is 0 Å². The van der Waals surface area contributed by atoms with E-state index in [1.54, 1.807) is 23.1 Å². The van der Waals surface area contributed by atoms with Gasteiger partial charge >= 0.3 is 5.97 Å². The fourth-order valence-corrected chi connectivity index (χ4v) is 2.10. The van der Waals surface area contributed by atoms with Crippen LogP contribution in [0.1, 0.15) is 5.56 Å². The number of anilines is 2. The third-order valence-electron chi connectivity index (χ3n) is 2.89. The molecule has 0 aliphatic carbocycles. The van der Waals surface area contributed by atoms with Crippen molar-refractivity contribution in [3.8, 4) is 0 Å². The summed E-state index contributed by atoms with van der Waals surface area (Å²) in [7, 11) is 0. The van der Waals surface area contributed by atoms with Gasteiger partial charge in [0.25, 0.3) is 0 Å². The van der Waals surface area contributed by atoms with Gasteiger partial charge in [-0.05, 0) is 29.8 Å². The first kappa shape index (κ1) is 14.2. The maximum absolute atomic E-state index is 11.0. The predicted molar refractivity (Wildman–Crippen MR) is 81.0 cm³/mol. The molecular weight excluding hydrogens is 276 g/mol. The minimum Gasteiger partial charge on any atom is -0.480 e. The zero-order chi connectivity index (χ0) is 14.5. The lowest BCUT2D eigenvalue weighted by atomic mass is 10.2. The Balaban J connectivity index is 2.26. The number of halogens is 1. The zero-order valence-corrected chi connectivity index (χ0v) is 11.5. The van der Waals surface area contributed by atoms with Gasteiger partial charge < -0.3 is 15.7 Å². The maximum Gasteiger partial charge on any atom is 0.323 e. The third kappa shape index (κ3) is 3.65. The molecule has 0 radical (unpaired) electrons. The van der Waals surface area contributed by atoms with Crippen LogP contribution in [0.4, 0.5) is 11.4 Å². The van der Waals surface area contributed by atoms with Gasteiger partial charge in [0.2, 0.25) is 0 Å². The molecule has 0 aromatic heterocycles. The van der Waals surface area contributed by atoms with E-state index >= 15 is 0 Å². The summed E-state index contributed by atoms with van der Waals surface area (Å²) in [5, 5.41) is 9.71. The van der Waals surface area contributed by atoms with Gasteiger partial charge in [0.1, 0.15) is 6.54 Å². The Hall–Kier alpha value is -2.20. The number of carboxylic acid groups (broad SMARTS) is 1. The summed E-state index contributed by atoms with van der Waals surface area (Å²) in [5.41, 5.74) is 8.16. The van der Waals surface area contributed by atoms with Crippen molar-refractivity contribution in [2.75, 3.05) is 17.2 Å². The monoisotopic (exact) mass is 290 g/mol. The summed E-state index contributed by atoms with van der Waals surface area (Å²) in [6.07, 6.45) is 0. The summed E-state index contributed by atoms with van der Waals surface area (Å²) in [5.74, 6) is -0.901. The highest BCUT2D eigenvalue weighted by Crippen LogP contribution is 2.24. The van der Waals surface area contributed by atoms with Crippen LogP contribution in [-0.2, 0) is 11.3 Å². The molecule has 4 nitrogen and oxygen atoms in total. The molecule has 2 aromatic carbocycles. The second kappa shape index (κ2) is 6.30. The highest BCUT2D eigenvalue weighted by Gasteiger charge is 2.13. The van der Waals surface area contributed by atoms with E-state index in [1.807, 2.05) is 30.3 Å². The van der Waals surface area contributed by atoms with E-state index in [2.05, 4.69) is 0 Å². The van der Waals surface area contributed by atoms with Crippen molar-refractivity contribution in [2.24, 2.45) is 0 Å². The standard InChI is InChI=1S/C15H15ClN2O2/c16-12-7-5-11(6-8-12)9-18(10-15(19)20)14-4-2-1-3-13(14)17/h1-8H,9-10,17H2,(H,19,20). The number of nitrogens with two attached hydrogens (primary N) is 1. The molecule has 0 saturated heterocycles. The molecule has 2 rings (SSSR count). The Labute approximate surface area is 122 Å². The van der Waals surface area contributed by atoms with Gasteiger partial charge in [-0.15, -0.1) is 0 Å². The van der Waals surface area contributed by atoms with Gasteiger partial charge in [0, 0.05) is 11.6 Å². The lowest BCUT2D eigenvalue weighted by Crippen LogP contribution is -2.29. The van der Waals surface area contributed by atoms with Crippen LogP contribution in [0.5, 0.6) is 0 Å². The zero-order valence-electron chi connectivity index (χ0n) is 10.8. The number of aliphatic carboxylic acids is 1. The molecule has 0 fully saturated rings. The van der Waals surface area contributed by atoms with E-state index in [9.17, 15) is 4.79 Å². The average Bonchev–Trinajstić information content (AvgIpc) is 2.41. The first-order valence-electron chi connectivity index (χ1n) is 6.12. The number of hydrogen-bond donors (Lipinski definition) is 2. The second-order valence-electron chi connectivity index (χ2n) is 4.44. The minimum absolute atomic E-state index is 0.114. The first-order chi connectivity index (χ1) is 9.56. The number of carboxylic acids is 1. The Morgan fingerprint density at radius 3 is 2.40 bits per heavy atom. The number of carbonyl (C=O) groups is 1. The normalized spacial score (nSPS) is 10.2. The van der Waals surface area contributed by atoms with Gasteiger partial charge in [-0.2, -0.15) is 0 Å². The predicted octanol–water partition coefficient (Wildman–Crippen LogP) is 3.01. The lowest BCUT2D eigenvalue weighted by Gasteiger charge is -2.24.